The van der Waals surface area contributed by atoms with Crippen molar-refractivity contribution in [3.63, 3.8) is 0 Å². The molecule has 2 aromatic heterocycles. The van der Waals surface area contributed by atoms with E-state index in [9.17, 15) is 9.18 Å². The minimum atomic E-state index is -0.293. The second kappa shape index (κ2) is 7.40. The predicted molar refractivity (Wildman–Crippen MR) is 106 cm³/mol. The Hall–Kier alpha value is -2.25. The number of likely N-dealkylation sites (tertiary alicyclic amines) is 1. The van der Waals surface area contributed by atoms with Crippen molar-refractivity contribution in [1.29, 1.82) is 0 Å². The number of amides is 1. The van der Waals surface area contributed by atoms with Crippen LogP contribution in [0.15, 0.2) is 35.8 Å². The zero-order valence-electron chi connectivity index (χ0n) is 15.6. The lowest BCUT2D eigenvalue weighted by Gasteiger charge is -2.24. The van der Waals surface area contributed by atoms with Gasteiger partial charge in [0, 0.05) is 36.8 Å². The van der Waals surface area contributed by atoms with Gasteiger partial charge in [-0.2, -0.15) is 0 Å². The van der Waals surface area contributed by atoms with Crippen LogP contribution < -0.4 is 0 Å². The van der Waals surface area contributed by atoms with E-state index < -0.39 is 0 Å². The Morgan fingerprint density at radius 1 is 1.44 bits per heavy atom. The van der Waals surface area contributed by atoms with E-state index in [4.69, 9.17) is 0 Å². The maximum Gasteiger partial charge on any atom is 0.271 e. The van der Waals surface area contributed by atoms with Crippen LogP contribution in [-0.4, -0.2) is 58.3 Å². The Morgan fingerprint density at radius 3 is 3.00 bits per heavy atom. The van der Waals surface area contributed by atoms with Crippen molar-refractivity contribution in [2.75, 3.05) is 33.2 Å². The molecule has 0 saturated carbocycles. The van der Waals surface area contributed by atoms with Gasteiger partial charge >= 0.3 is 0 Å². The van der Waals surface area contributed by atoms with E-state index >= 15 is 0 Å². The maximum absolute atomic E-state index is 13.5. The second-order valence-electron chi connectivity index (χ2n) is 7.17. The average Bonchev–Trinajstić information content (AvgIpc) is 3.34. The Labute approximate surface area is 162 Å². The molecular weight excluding hydrogens is 363 g/mol. The summed E-state index contributed by atoms with van der Waals surface area (Å²) in [7, 11) is 2.12. The number of imidazole rings is 1. The van der Waals surface area contributed by atoms with Crippen LogP contribution in [0.4, 0.5) is 4.39 Å². The van der Waals surface area contributed by atoms with Crippen LogP contribution >= 0.6 is 11.3 Å². The fourth-order valence-electron chi connectivity index (χ4n) is 3.73. The van der Waals surface area contributed by atoms with Gasteiger partial charge in [-0.3, -0.25) is 9.20 Å². The molecule has 27 heavy (non-hydrogen) atoms. The van der Waals surface area contributed by atoms with Crippen LogP contribution in [0.2, 0.25) is 0 Å². The molecule has 1 aromatic carbocycles. The third-order valence-electron chi connectivity index (χ3n) is 5.19. The number of hydrogen-bond donors (Lipinski definition) is 0. The van der Waals surface area contributed by atoms with Crippen LogP contribution in [0.3, 0.4) is 0 Å². The summed E-state index contributed by atoms with van der Waals surface area (Å²) in [6.07, 6.45) is 2.96. The quantitative estimate of drug-likeness (QED) is 0.673. The largest absolute Gasteiger partial charge is 0.337 e. The highest BCUT2D eigenvalue weighted by atomic mass is 32.1. The van der Waals surface area contributed by atoms with Crippen molar-refractivity contribution >= 4 is 22.2 Å². The lowest BCUT2D eigenvalue weighted by molar-refractivity contribution is 0.0733. The first-order valence-corrected chi connectivity index (χ1v) is 10.1. The zero-order valence-corrected chi connectivity index (χ0v) is 16.4. The summed E-state index contributed by atoms with van der Waals surface area (Å²) in [5.74, 6) is 0.263. The predicted octanol–water partition coefficient (Wildman–Crippen LogP) is 3.62. The molecule has 1 saturated heterocycles. The van der Waals surface area contributed by atoms with Gasteiger partial charge in [-0.1, -0.05) is 12.1 Å². The topological polar surface area (TPSA) is 40.8 Å². The van der Waals surface area contributed by atoms with Crippen molar-refractivity contribution in [1.82, 2.24) is 19.2 Å². The van der Waals surface area contributed by atoms with Gasteiger partial charge in [0.05, 0.1) is 5.69 Å². The van der Waals surface area contributed by atoms with Gasteiger partial charge in [0.1, 0.15) is 11.5 Å². The summed E-state index contributed by atoms with van der Waals surface area (Å²) in [4.78, 5) is 22.7. The summed E-state index contributed by atoms with van der Waals surface area (Å²) in [6.45, 7) is 5.62. The van der Waals surface area contributed by atoms with Gasteiger partial charge in [-0.25, -0.2) is 9.37 Å². The minimum Gasteiger partial charge on any atom is -0.337 e. The van der Waals surface area contributed by atoms with E-state index in [-0.39, 0.29) is 11.7 Å². The van der Waals surface area contributed by atoms with Gasteiger partial charge in [0.15, 0.2) is 4.96 Å². The number of benzene rings is 1. The standard InChI is InChI=1S/C20H23FN4OS/c1-3-24(11-14-7-8-23(2)10-14)19(26)18-13-27-20-22-17(12-25(18)20)15-5-4-6-16(21)9-15/h4-6,9,12-14H,3,7-8,10-11H2,1-2H3. The number of carbonyl (C=O) groups excluding carboxylic acids is 1. The Kier molecular flexibility index (Phi) is 4.97. The van der Waals surface area contributed by atoms with E-state index in [2.05, 4.69) is 16.9 Å². The number of rotatable bonds is 5. The fourth-order valence-corrected chi connectivity index (χ4v) is 4.58. The molecular formula is C20H23FN4OS. The average molecular weight is 386 g/mol. The zero-order chi connectivity index (χ0) is 19.0. The van der Waals surface area contributed by atoms with Crippen molar-refractivity contribution < 1.29 is 9.18 Å². The van der Waals surface area contributed by atoms with Gasteiger partial charge in [-0.05, 0) is 45.0 Å². The molecule has 0 radical (unpaired) electrons. The van der Waals surface area contributed by atoms with E-state index in [0.29, 0.717) is 29.4 Å². The molecule has 3 aromatic rings. The molecule has 0 N–H and O–H groups in total. The molecule has 1 unspecified atom stereocenters. The number of halogens is 1. The lowest BCUT2D eigenvalue weighted by atomic mass is 10.1. The first-order valence-electron chi connectivity index (χ1n) is 9.25. The summed E-state index contributed by atoms with van der Waals surface area (Å²) < 4.78 is 15.3. The van der Waals surface area contributed by atoms with Gasteiger partial charge < -0.3 is 9.80 Å². The summed E-state index contributed by atoms with van der Waals surface area (Å²) in [5.41, 5.74) is 2.01. The minimum absolute atomic E-state index is 0.0292. The Morgan fingerprint density at radius 2 is 2.30 bits per heavy atom. The summed E-state index contributed by atoms with van der Waals surface area (Å²) in [5, 5.41) is 1.86. The monoisotopic (exact) mass is 386 g/mol. The van der Waals surface area contributed by atoms with E-state index in [1.807, 2.05) is 33.9 Å². The highest BCUT2D eigenvalue weighted by molar-refractivity contribution is 7.15. The number of fused-ring (bicyclic) bond motifs is 1. The number of thiazole rings is 1. The highest BCUT2D eigenvalue weighted by Crippen LogP contribution is 2.25. The molecule has 1 aliphatic heterocycles. The highest BCUT2D eigenvalue weighted by Gasteiger charge is 2.26. The number of carbonyl (C=O) groups is 1. The molecule has 1 atom stereocenters. The number of aromatic nitrogens is 2. The van der Waals surface area contributed by atoms with Crippen LogP contribution in [0, 0.1) is 11.7 Å². The molecule has 0 aliphatic carbocycles. The number of nitrogens with zero attached hydrogens (tertiary/aromatic N) is 4. The SMILES string of the molecule is CCN(CC1CCN(C)C1)C(=O)c1csc2nc(-c3cccc(F)c3)cn12. The second-order valence-corrected chi connectivity index (χ2v) is 8.01. The van der Waals surface area contributed by atoms with Gasteiger partial charge in [0.2, 0.25) is 0 Å². The lowest BCUT2D eigenvalue weighted by Crippen LogP contribution is -2.36. The third kappa shape index (κ3) is 3.61. The fraction of sp³-hybridized carbons (Fsp3) is 0.400. The maximum atomic E-state index is 13.5. The molecule has 3 heterocycles. The third-order valence-corrected chi connectivity index (χ3v) is 6.02. The van der Waals surface area contributed by atoms with E-state index in [1.54, 1.807) is 6.07 Å². The molecule has 142 valence electrons. The van der Waals surface area contributed by atoms with Crippen LogP contribution in [0.5, 0.6) is 0 Å². The van der Waals surface area contributed by atoms with E-state index in [1.165, 1.54) is 23.5 Å². The molecule has 1 fully saturated rings. The first kappa shape index (κ1) is 18.1. The molecule has 4 rings (SSSR count). The summed E-state index contributed by atoms with van der Waals surface area (Å²) >= 11 is 1.44. The smallest absolute Gasteiger partial charge is 0.271 e. The van der Waals surface area contributed by atoms with Gasteiger partial charge in [0.25, 0.3) is 5.91 Å². The van der Waals surface area contributed by atoms with Crippen LogP contribution in [0.25, 0.3) is 16.2 Å². The van der Waals surface area contributed by atoms with Gasteiger partial charge in [-0.15, -0.1) is 11.3 Å². The normalized spacial score (nSPS) is 17.7. The molecule has 0 bridgehead atoms. The molecule has 5 nitrogen and oxygen atoms in total. The van der Waals surface area contributed by atoms with Crippen LogP contribution in [0.1, 0.15) is 23.8 Å². The van der Waals surface area contributed by atoms with Crippen molar-refractivity contribution in [2.24, 2.45) is 5.92 Å². The Bertz CT molecular complexity index is 966. The molecule has 1 amide bonds. The summed E-state index contributed by atoms with van der Waals surface area (Å²) in [6, 6.07) is 6.37. The van der Waals surface area contributed by atoms with Crippen molar-refractivity contribution in [3.8, 4) is 11.3 Å². The molecule has 7 heteroatoms. The first-order chi connectivity index (χ1) is 13.0. The van der Waals surface area contributed by atoms with E-state index in [0.717, 1.165) is 31.0 Å². The van der Waals surface area contributed by atoms with Crippen LogP contribution in [-0.2, 0) is 0 Å². The molecule has 0 spiro atoms. The number of hydrogen-bond acceptors (Lipinski definition) is 4. The molecule has 1 aliphatic rings. The Balaban J connectivity index is 1.59. The van der Waals surface area contributed by atoms with Crippen molar-refractivity contribution in [3.05, 3.63) is 47.4 Å². The van der Waals surface area contributed by atoms with Crippen molar-refractivity contribution in [2.45, 2.75) is 13.3 Å².